The van der Waals surface area contributed by atoms with Crippen molar-refractivity contribution in [3.63, 3.8) is 0 Å². The minimum Gasteiger partial charge on any atom is -0.390 e. The van der Waals surface area contributed by atoms with Crippen LogP contribution in [0, 0.1) is 6.92 Å². The molecule has 0 saturated heterocycles. The third-order valence-corrected chi connectivity index (χ3v) is 3.73. The van der Waals surface area contributed by atoms with E-state index in [0.717, 1.165) is 28.7 Å². The number of hydrogen-bond donors (Lipinski definition) is 1. The van der Waals surface area contributed by atoms with Crippen molar-refractivity contribution in [1.29, 1.82) is 0 Å². The Hall–Kier alpha value is -1.20. The van der Waals surface area contributed by atoms with Crippen molar-refractivity contribution in [2.45, 2.75) is 33.3 Å². The molecule has 5 heteroatoms. The number of aromatic nitrogens is 3. The zero-order valence-corrected chi connectivity index (χ0v) is 12.1. The molecule has 1 heterocycles. The molecule has 0 amide bonds. The number of hydrogen-bond acceptors (Lipinski definition) is 3. The van der Waals surface area contributed by atoms with Crippen LogP contribution in [0.25, 0.3) is 5.69 Å². The summed E-state index contributed by atoms with van der Waals surface area (Å²) in [6, 6.07) is 6.06. The molecule has 0 spiro atoms. The Kier molecular flexibility index (Phi) is 4.14. The maximum Gasteiger partial charge on any atom is 0.112 e. The van der Waals surface area contributed by atoms with Gasteiger partial charge in [0.2, 0.25) is 0 Å². The smallest absolute Gasteiger partial charge is 0.112 e. The van der Waals surface area contributed by atoms with Crippen molar-refractivity contribution in [3.05, 3.63) is 39.6 Å². The van der Waals surface area contributed by atoms with Crippen LogP contribution in [0.15, 0.2) is 22.7 Å². The third kappa shape index (κ3) is 2.47. The van der Waals surface area contributed by atoms with Crippen molar-refractivity contribution >= 4 is 15.9 Å². The molecule has 0 unspecified atom stereocenters. The second kappa shape index (κ2) is 5.63. The molecule has 0 radical (unpaired) electrons. The van der Waals surface area contributed by atoms with Gasteiger partial charge in [0.05, 0.1) is 18.0 Å². The number of aryl methyl sites for hydroxylation is 1. The summed E-state index contributed by atoms with van der Waals surface area (Å²) in [6.45, 7) is 4.08. The van der Waals surface area contributed by atoms with Crippen molar-refractivity contribution in [2.24, 2.45) is 0 Å². The number of aliphatic hydroxyl groups is 1. The molecule has 0 aliphatic carbocycles. The van der Waals surface area contributed by atoms with Gasteiger partial charge in [-0.05, 0) is 31.0 Å². The second-order valence-electron chi connectivity index (χ2n) is 4.24. The third-order valence-electron chi connectivity index (χ3n) is 2.88. The Morgan fingerprint density at radius 1 is 1.39 bits per heavy atom. The minimum atomic E-state index is -0.0671. The molecule has 0 aliphatic heterocycles. The summed E-state index contributed by atoms with van der Waals surface area (Å²) in [5.74, 6) is 0. The average Bonchev–Trinajstić information content (AvgIpc) is 2.76. The zero-order valence-electron chi connectivity index (χ0n) is 10.5. The van der Waals surface area contributed by atoms with Crippen LogP contribution in [0.4, 0.5) is 0 Å². The van der Waals surface area contributed by atoms with Gasteiger partial charge in [-0.15, -0.1) is 5.10 Å². The number of nitrogens with zero attached hydrogens (tertiary/aromatic N) is 3. The Labute approximate surface area is 115 Å². The van der Waals surface area contributed by atoms with Crippen molar-refractivity contribution in [1.82, 2.24) is 15.0 Å². The van der Waals surface area contributed by atoms with E-state index < -0.39 is 0 Å². The van der Waals surface area contributed by atoms with E-state index in [0.29, 0.717) is 5.69 Å². The van der Waals surface area contributed by atoms with Crippen molar-refractivity contribution < 1.29 is 5.11 Å². The van der Waals surface area contributed by atoms with Gasteiger partial charge in [0, 0.05) is 4.47 Å². The Balaban J connectivity index is 2.49. The second-order valence-corrected chi connectivity index (χ2v) is 5.09. The molecule has 18 heavy (non-hydrogen) atoms. The standard InChI is InChI=1S/C13H16BrN3O/c1-3-4-13-12(8-18)15-16-17(13)10-6-5-9(2)11(14)7-10/h5-7,18H,3-4,8H2,1-2H3. The van der Waals surface area contributed by atoms with Gasteiger partial charge in [-0.25, -0.2) is 4.68 Å². The van der Waals surface area contributed by atoms with E-state index in [1.807, 2.05) is 25.1 Å². The van der Waals surface area contributed by atoms with Crippen molar-refractivity contribution in [2.75, 3.05) is 0 Å². The normalized spacial score (nSPS) is 10.9. The number of halogens is 1. The highest BCUT2D eigenvalue weighted by Crippen LogP contribution is 2.21. The number of rotatable bonds is 4. The van der Waals surface area contributed by atoms with Gasteiger partial charge in [-0.3, -0.25) is 0 Å². The van der Waals surface area contributed by atoms with E-state index in [-0.39, 0.29) is 6.61 Å². The predicted molar refractivity (Wildman–Crippen MR) is 73.7 cm³/mol. The summed E-state index contributed by atoms with van der Waals surface area (Å²) in [4.78, 5) is 0. The predicted octanol–water partition coefficient (Wildman–Crippen LogP) is 2.78. The quantitative estimate of drug-likeness (QED) is 0.945. The highest BCUT2D eigenvalue weighted by Gasteiger charge is 2.13. The molecule has 0 saturated carbocycles. The van der Waals surface area contributed by atoms with Crippen LogP contribution in [0.1, 0.15) is 30.3 Å². The molecule has 2 aromatic rings. The molecule has 1 aromatic carbocycles. The first kappa shape index (κ1) is 13.2. The molecule has 1 N–H and O–H groups in total. The van der Waals surface area contributed by atoms with E-state index in [1.54, 1.807) is 4.68 Å². The Morgan fingerprint density at radius 2 is 2.17 bits per heavy atom. The van der Waals surface area contributed by atoms with Crippen LogP contribution in [0.2, 0.25) is 0 Å². The summed E-state index contributed by atoms with van der Waals surface area (Å²) in [5.41, 5.74) is 3.78. The molecule has 0 atom stereocenters. The van der Waals surface area contributed by atoms with Crippen molar-refractivity contribution in [3.8, 4) is 5.69 Å². The molecule has 0 fully saturated rings. The van der Waals surface area contributed by atoms with E-state index in [4.69, 9.17) is 0 Å². The lowest BCUT2D eigenvalue weighted by Crippen LogP contribution is -2.04. The molecule has 4 nitrogen and oxygen atoms in total. The van der Waals surface area contributed by atoms with Crippen LogP contribution in [-0.4, -0.2) is 20.1 Å². The van der Waals surface area contributed by atoms with Crippen LogP contribution in [-0.2, 0) is 13.0 Å². The van der Waals surface area contributed by atoms with Crippen LogP contribution >= 0.6 is 15.9 Å². The van der Waals surface area contributed by atoms with E-state index in [1.165, 1.54) is 5.56 Å². The van der Waals surface area contributed by atoms with Gasteiger partial charge in [-0.1, -0.05) is 40.6 Å². The van der Waals surface area contributed by atoms with Gasteiger partial charge >= 0.3 is 0 Å². The molecule has 1 aromatic heterocycles. The maximum atomic E-state index is 9.28. The fraction of sp³-hybridized carbons (Fsp3) is 0.385. The Morgan fingerprint density at radius 3 is 2.78 bits per heavy atom. The highest BCUT2D eigenvalue weighted by molar-refractivity contribution is 9.10. The average molecular weight is 310 g/mol. The summed E-state index contributed by atoms with van der Waals surface area (Å²) >= 11 is 3.52. The molecular weight excluding hydrogens is 294 g/mol. The molecule has 96 valence electrons. The fourth-order valence-corrected chi connectivity index (χ4v) is 2.23. The first-order chi connectivity index (χ1) is 8.67. The lowest BCUT2D eigenvalue weighted by atomic mass is 10.2. The number of aliphatic hydroxyl groups excluding tert-OH is 1. The van der Waals surface area contributed by atoms with E-state index in [2.05, 4.69) is 33.2 Å². The summed E-state index contributed by atoms with van der Waals surface area (Å²) < 4.78 is 2.85. The molecule has 0 aliphatic rings. The topological polar surface area (TPSA) is 50.9 Å². The lowest BCUT2D eigenvalue weighted by molar-refractivity contribution is 0.275. The van der Waals surface area contributed by atoms with Crippen LogP contribution in [0.3, 0.4) is 0 Å². The van der Waals surface area contributed by atoms with Gasteiger partial charge in [0.1, 0.15) is 5.69 Å². The largest absolute Gasteiger partial charge is 0.390 e. The van der Waals surface area contributed by atoms with Gasteiger partial charge < -0.3 is 5.11 Å². The summed E-state index contributed by atoms with van der Waals surface area (Å²) in [6.07, 6.45) is 1.85. The monoisotopic (exact) mass is 309 g/mol. The van der Waals surface area contributed by atoms with Gasteiger partial charge in [0.25, 0.3) is 0 Å². The summed E-state index contributed by atoms with van der Waals surface area (Å²) in [5, 5.41) is 17.4. The first-order valence-corrected chi connectivity index (χ1v) is 6.77. The SMILES string of the molecule is CCCc1c(CO)nnn1-c1ccc(C)c(Br)c1. The molecule has 2 rings (SSSR count). The Bertz CT molecular complexity index is 551. The minimum absolute atomic E-state index is 0.0671. The van der Waals surface area contributed by atoms with E-state index in [9.17, 15) is 5.11 Å². The molecule has 0 bridgehead atoms. The van der Waals surface area contributed by atoms with Crippen LogP contribution < -0.4 is 0 Å². The molecular formula is C13H16BrN3O. The fourth-order valence-electron chi connectivity index (χ4n) is 1.86. The maximum absolute atomic E-state index is 9.28. The number of benzene rings is 1. The summed E-state index contributed by atoms with van der Waals surface area (Å²) in [7, 11) is 0. The van der Waals surface area contributed by atoms with Gasteiger partial charge in [-0.2, -0.15) is 0 Å². The van der Waals surface area contributed by atoms with Gasteiger partial charge in [0.15, 0.2) is 0 Å². The highest BCUT2D eigenvalue weighted by atomic mass is 79.9. The lowest BCUT2D eigenvalue weighted by Gasteiger charge is -2.08. The first-order valence-electron chi connectivity index (χ1n) is 5.98. The van der Waals surface area contributed by atoms with E-state index >= 15 is 0 Å². The van der Waals surface area contributed by atoms with Crippen LogP contribution in [0.5, 0.6) is 0 Å². The zero-order chi connectivity index (χ0) is 13.1.